The van der Waals surface area contributed by atoms with E-state index in [1.807, 2.05) is 0 Å². The van der Waals surface area contributed by atoms with E-state index in [2.05, 4.69) is 226 Å². The van der Waals surface area contributed by atoms with E-state index in [-0.39, 0.29) is 0 Å². The van der Waals surface area contributed by atoms with Crippen molar-refractivity contribution in [1.82, 2.24) is 9.13 Å². The van der Waals surface area contributed by atoms with Gasteiger partial charge in [-0.15, -0.1) is 0 Å². The van der Waals surface area contributed by atoms with Crippen LogP contribution >= 0.6 is 0 Å². The summed E-state index contributed by atoms with van der Waals surface area (Å²) in [6.07, 6.45) is 0. The molecule has 0 atom stereocenters. The van der Waals surface area contributed by atoms with Crippen LogP contribution in [0.2, 0.25) is 0 Å². The van der Waals surface area contributed by atoms with Gasteiger partial charge in [-0.1, -0.05) is 127 Å². The highest BCUT2D eigenvalue weighted by atomic mass is 15.1. The molecule has 0 bridgehead atoms. The molecule has 0 N–H and O–H groups in total. The number of hydrogen-bond donors (Lipinski definition) is 0. The Labute approximate surface area is 319 Å². The molecule has 258 valence electrons. The number of benzene rings is 9. The number of rotatable bonds is 6. The van der Waals surface area contributed by atoms with Crippen LogP contribution in [0.3, 0.4) is 0 Å². The summed E-state index contributed by atoms with van der Waals surface area (Å²) in [6.45, 7) is 0. The van der Waals surface area contributed by atoms with Crippen LogP contribution in [0.5, 0.6) is 0 Å². The molecule has 2 heterocycles. The van der Waals surface area contributed by atoms with Gasteiger partial charge in [-0.05, 0) is 107 Å². The molecule has 9 aromatic carbocycles. The first-order valence-corrected chi connectivity index (χ1v) is 18.9. The highest BCUT2D eigenvalue weighted by molar-refractivity contribution is 6.11. The summed E-state index contributed by atoms with van der Waals surface area (Å²) in [6, 6.07) is 76.9. The third kappa shape index (κ3) is 5.13. The van der Waals surface area contributed by atoms with Crippen LogP contribution in [0.25, 0.3) is 76.9 Å². The number of hydrogen-bond acceptors (Lipinski definition) is 1. The maximum atomic E-state index is 2.41. The fraction of sp³-hybridized carbons (Fsp3) is 0. The van der Waals surface area contributed by atoms with Crippen molar-refractivity contribution >= 4 is 71.4 Å². The Morgan fingerprint density at radius 1 is 0.273 bits per heavy atom. The van der Waals surface area contributed by atoms with Gasteiger partial charge in [-0.3, -0.25) is 0 Å². The van der Waals surface area contributed by atoms with Crippen molar-refractivity contribution in [2.75, 3.05) is 4.90 Å². The molecule has 11 aromatic rings. The standard InChI is InChI=1S/C52H35N3/c1-2-15-40(16-3-1)53(44-31-27-36-13-4-5-14-38(36)33-44)41-29-25-37(26-30-41)39-28-32-52-48(34-39)47-21-8-11-24-51(47)55(52)43-18-12-17-42(35-43)54-49-22-9-6-19-45(49)46-20-7-10-23-50(46)54/h1-35H. The van der Waals surface area contributed by atoms with Gasteiger partial charge >= 0.3 is 0 Å². The first-order valence-electron chi connectivity index (χ1n) is 18.9. The fourth-order valence-electron chi connectivity index (χ4n) is 8.55. The zero-order valence-electron chi connectivity index (χ0n) is 30.0. The van der Waals surface area contributed by atoms with E-state index in [0.29, 0.717) is 0 Å². The summed E-state index contributed by atoms with van der Waals surface area (Å²) in [5.41, 5.74) is 12.8. The van der Waals surface area contributed by atoms with Crippen LogP contribution in [0.1, 0.15) is 0 Å². The number of nitrogens with zero attached hydrogens (tertiary/aromatic N) is 3. The van der Waals surface area contributed by atoms with Gasteiger partial charge in [0.25, 0.3) is 0 Å². The molecule has 3 nitrogen and oxygen atoms in total. The van der Waals surface area contributed by atoms with Crippen LogP contribution in [0, 0.1) is 0 Å². The largest absolute Gasteiger partial charge is 0.310 e. The molecule has 0 unspecified atom stereocenters. The van der Waals surface area contributed by atoms with E-state index in [4.69, 9.17) is 0 Å². The van der Waals surface area contributed by atoms with Crippen molar-refractivity contribution in [3.63, 3.8) is 0 Å². The van der Waals surface area contributed by atoms with Crippen molar-refractivity contribution in [2.45, 2.75) is 0 Å². The minimum absolute atomic E-state index is 1.12. The fourth-order valence-corrected chi connectivity index (χ4v) is 8.55. The lowest BCUT2D eigenvalue weighted by molar-refractivity contribution is 1.13. The number of aromatic nitrogens is 2. The number of para-hydroxylation sites is 4. The Bertz CT molecular complexity index is 3150. The normalized spacial score (nSPS) is 11.6. The van der Waals surface area contributed by atoms with Gasteiger partial charge in [0.1, 0.15) is 0 Å². The summed E-state index contributed by atoms with van der Waals surface area (Å²) < 4.78 is 4.80. The average Bonchev–Trinajstić information content (AvgIpc) is 3.77. The first kappa shape index (κ1) is 31.2. The topological polar surface area (TPSA) is 13.1 Å². The smallest absolute Gasteiger partial charge is 0.0541 e. The Hall–Kier alpha value is -7.36. The summed E-state index contributed by atoms with van der Waals surface area (Å²) in [5.74, 6) is 0. The van der Waals surface area contributed by atoms with Crippen LogP contribution in [-0.4, -0.2) is 9.13 Å². The van der Waals surface area contributed by atoms with Crippen molar-refractivity contribution in [3.05, 3.63) is 212 Å². The van der Waals surface area contributed by atoms with Crippen molar-refractivity contribution in [2.24, 2.45) is 0 Å². The monoisotopic (exact) mass is 701 g/mol. The SMILES string of the molecule is c1ccc(N(c2ccc(-c3ccc4c(c3)c3ccccc3n4-c3cccc(-n4c5ccccc5c5ccccc54)c3)cc2)c2ccc3ccccc3c2)cc1. The van der Waals surface area contributed by atoms with Crippen molar-refractivity contribution in [1.29, 1.82) is 0 Å². The molecule has 0 saturated carbocycles. The van der Waals surface area contributed by atoms with Crippen LogP contribution < -0.4 is 4.90 Å². The second kappa shape index (κ2) is 12.6. The molecule has 0 amide bonds. The lowest BCUT2D eigenvalue weighted by atomic mass is 10.0. The maximum absolute atomic E-state index is 2.41. The van der Waals surface area contributed by atoms with Crippen LogP contribution in [-0.2, 0) is 0 Å². The molecule has 11 rings (SSSR count). The van der Waals surface area contributed by atoms with Crippen molar-refractivity contribution in [3.8, 4) is 22.5 Å². The lowest BCUT2D eigenvalue weighted by Crippen LogP contribution is -2.09. The molecular formula is C52H35N3. The molecule has 55 heavy (non-hydrogen) atoms. The van der Waals surface area contributed by atoms with Crippen molar-refractivity contribution < 1.29 is 0 Å². The summed E-state index contributed by atoms with van der Waals surface area (Å²) in [4.78, 5) is 2.33. The van der Waals surface area contributed by atoms with E-state index < -0.39 is 0 Å². The molecular weight excluding hydrogens is 667 g/mol. The van der Waals surface area contributed by atoms with Gasteiger partial charge in [0.05, 0.1) is 22.1 Å². The van der Waals surface area contributed by atoms with Gasteiger partial charge in [0.15, 0.2) is 0 Å². The molecule has 0 aliphatic rings. The Kier molecular flexibility index (Phi) is 7.17. The highest BCUT2D eigenvalue weighted by Gasteiger charge is 2.17. The number of fused-ring (bicyclic) bond motifs is 7. The second-order valence-electron chi connectivity index (χ2n) is 14.2. The molecule has 0 radical (unpaired) electrons. The van der Waals surface area contributed by atoms with Gasteiger partial charge in [-0.2, -0.15) is 0 Å². The molecule has 0 spiro atoms. The Balaban J connectivity index is 1.01. The van der Waals surface area contributed by atoms with Crippen LogP contribution in [0.4, 0.5) is 17.1 Å². The number of anilines is 3. The van der Waals surface area contributed by atoms with Gasteiger partial charge in [0.2, 0.25) is 0 Å². The predicted octanol–water partition coefficient (Wildman–Crippen LogP) is 14.2. The van der Waals surface area contributed by atoms with Crippen LogP contribution in [0.15, 0.2) is 212 Å². The summed E-state index contributed by atoms with van der Waals surface area (Å²) >= 11 is 0. The lowest BCUT2D eigenvalue weighted by Gasteiger charge is -2.26. The molecule has 0 aliphatic carbocycles. The first-order chi connectivity index (χ1) is 27.3. The zero-order chi connectivity index (χ0) is 36.3. The van der Waals surface area contributed by atoms with Gasteiger partial charge < -0.3 is 14.0 Å². The Morgan fingerprint density at radius 3 is 1.42 bits per heavy atom. The van der Waals surface area contributed by atoms with E-state index in [9.17, 15) is 0 Å². The van der Waals surface area contributed by atoms with Gasteiger partial charge in [-0.25, -0.2) is 0 Å². The second-order valence-corrected chi connectivity index (χ2v) is 14.2. The maximum Gasteiger partial charge on any atom is 0.0541 e. The third-order valence-corrected chi connectivity index (χ3v) is 11.1. The van der Waals surface area contributed by atoms with E-state index in [1.165, 1.54) is 65.5 Å². The minimum atomic E-state index is 1.12. The molecule has 0 aliphatic heterocycles. The van der Waals surface area contributed by atoms with Gasteiger partial charge in [0, 0.05) is 50.0 Å². The average molecular weight is 702 g/mol. The third-order valence-electron chi connectivity index (χ3n) is 11.1. The quantitative estimate of drug-likeness (QED) is 0.168. The van der Waals surface area contributed by atoms with E-state index in [0.717, 1.165) is 28.4 Å². The van der Waals surface area contributed by atoms with E-state index in [1.54, 1.807) is 0 Å². The zero-order valence-corrected chi connectivity index (χ0v) is 30.0. The molecule has 3 heteroatoms. The summed E-state index contributed by atoms with van der Waals surface area (Å²) in [7, 11) is 0. The van der Waals surface area contributed by atoms with E-state index >= 15 is 0 Å². The molecule has 0 fully saturated rings. The predicted molar refractivity (Wildman–Crippen MR) is 233 cm³/mol. The Morgan fingerprint density at radius 2 is 0.764 bits per heavy atom. The summed E-state index contributed by atoms with van der Waals surface area (Å²) in [5, 5.41) is 7.47. The highest BCUT2D eigenvalue weighted by Crippen LogP contribution is 2.39. The molecule has 2 aromatic heterocycles. The molecule has 0 saturated heterocycles. The minimum Gasteiger partial charge on any atom is -0.310 e.